The molecule has 0 spiro atoms. The first kappa shape index (κ1) is 17.0. The third-order valence-corrected chi connectivity index (χ3v) is 4.17. The Morgan fingerprint density at radius 2 is 1.88 bits per heavy atom. The Hall–Kier alpha value is -1.79. The number of benzene rings is 1. The molecule has 0 amide bonds. The first-order valence-corrected chi connectivity index (χ1v) is 8.01. The first-order chi connectivity index (χ1) is 11.4. The molecule has 0 unspecified atom stereocenters. The Labute approximate surface area is 143 Å². The van der Waals surface area contributed by atoms with Crippen molar-refractivity contribution in [3.63, 3.8) is 0 Å². The van der Waals surface area contributed by atoms with Gasteiger partial charge in [0, 0.05) is 18.8 Å². The zero-order valence-corrected chi connectivity index (χ0v) is 13.6. The lowest BCUT2D eigenvalue weighted by Gasteiger charge is -2.15. The molecule has 128 valence electrons. The largest absolute Gasteiger partial charge is 0.437 e. The zero-order chi connectivity index (χ0) is 17.2. The van der Waals surface area contributed by atoms with E-state index in [0.29, 0.717) is 5.02 Å². The van der Waals surface area contributed by atoms with Crippen LogP contribution in [-0.2, 0) is 12.7 Å². The molecule has 3 nitrogen and oxygen atoms in total. The first-order valence-electron chi connectivity index (χ1n) is 7.64. The van der Waals surface area contributed by atoms with Gasteiger partial charge in [0.2, 0.25) is 5.88 Å². The fraction of sp³-hybridized carbons (Fsp3) is 0.353. The molecule has 24 heavy (non-hydrogen) atoms. The van der Waals surface area contributed by atoms with Crippen LogP contribution in [-0.4, -0.2) is 23.0 Å². The van der Waals surface area contributed by atoms with E-state index in [1.807, 2.05) is 6.07 Å². The van der Waals surface area contributed by atoms with Gasteiger partial charge in [-0.1, -0.05) is 17.7 Å². The van der Waals surface area contributed by atoms with Crippen molar-refractivity contribution in [1.82, 2.24) is 9.88 Å². The summed E-state index contributed by atoms with van der Waals surface area (Å²) in [4.78, 5) is 6.14. The standard InChI is InChI=1S/C17H16ClF3N2O/c18-14-9-12(11-23-7-1-2-8-23)3-4-15(14)24-16-10-13(5-6-22-16)17(19,20)21/h3-6,9-10H,1-2,7-8,11H2. The van der Waals surface area contributed by atoms with Gasteiger partial charge in [-0.15, -0.1) is 0 Å². The van der Waals surface area contributed by atoms with Gasteiger partial charge in [-0.3, -0.25) is 4.90 Å². The van der Waals surface area contributed by atoms with E-state index < -0.39 is 11.7 Å². The number of hydrogen-bond acceptors (Lipinski definition) is 3. The van der Waals surface area contributed by atoms with Crippen LogP contribution in [0, 0.1) is 0 Å². The molecule has 1 fully saturated rings. The maximum absolute atomic E-state index is 12.7. The zero-order valence-electron chi connectivity index (χ0n) is 12.8. The van der Waals surface area contributed by atoms with Crippen LogP contribution in [0.5, 0.6) is 11.6 Å². The molecule has 0 aliphatic carbocycles. The Morgan fingerprint density at radius 3 is 2.54 bits per heavy atom. The minimum Gasteiger partial charge on any atom is -0.437 e. The van der Waals surface area contributed by atoms with Crippen molar-refractivity contribution >= 4 is 11.6 Å². The summed E-state index contributed by atoms with van der Waals surface area (Å²) in [5, 5.41) is 0.353. The van der Waals surface area contributed by atoms with Gasteiger partial charge in [0.15, 0.2) is 0 Å². The highest BCUT2D eigenvalue weighted by molar-refractivity contribution is 6.32. The van der Waals surface area contributed by atoms with Gasteiger partial charge in [-0.25, -0.2) is 4.98 Å². The number of pyridine rings is 1. The summed E-state index contributed by atoms with van der Waals surface area (Å²) in [6.45, 7) is 2.95. The topological polar surface area (TPSA) is 25.4 Å². The van der Waals surface area contributed by atoms with E-state index in [4.69, 9.17) is 16.3 Å². The van der Waals surface area contributed by atoms with Crippen LogP contribution in [0.1, 0.15) is 24.0 Å². The van der Waals surface area contributed by atoms with Crippen molar-refractivity contribution < 1.29 is 17.9 Å². The van der Waals surface area contributed by atoms with Gasteiger partial charge in [0.1, 0.15) is 5.75 Å². The molecule has 2 aromatic rings. The molecule has 0 atom stereocenters. The highest BCUT2D eigenvalue weighted by Crippen LogP contribution is 2.34. The van der Waals surface area contributed by atoms with Crippen LogP contribution >= 0.6 is 11.6 Å². The van der Waals surface area contributed by atoms with Crippen LogP contribution in [0.4, 0.5) is 13.2 Å². The number of likely N-dealkylation sites (tertiary alicyclic amines) is 1. The van der Waals surface area contributed by atoms with Crippen molar-refractivity contribution in [2.24, 2.45) is 0 Å². The van der Waals surface area contributed by atoms with E-state index >= 15 is 0 Å². The molecule has 1 aromatic carbocycles. The fourth-order valence-electron chi connectivity index (χ4n) is 2.68. The van der Waals surface area contributed by atoms with Crippen LogP contribution in [0.15, 0.2) is 36.5 Å². The van der Waals surface area contributed by atoms with Gasteiger partial charge in [0.25, 0.3) is 0 Å². The minimum absolute atomic E-state index is 0.140. The predicted octanol–water partition coefficient (Wildman–Crippen LogP) is 5.14. The smallest absolute Gasteiger partial charge is 0.416 e. The average molecular weight is 357 g/mol. The molecule has 0 bridgehead atoms. The lowest BCUT2D eigenvalue weighted by atomic mass is 10.2. The summed E-state index contributed by atoms with van der Waals surface area (Å²) in [6.07, 6.45) is -0.968. The molecule has 1 aliphatic rings. The molecule has 0 radical (unpaired) electrons. The third-order valence-electron chi connectivity index (χ3n) is 3.88. The lowest BCUT2D eigenvalue weighted by Crippen LogP contribution is -2.18. The van der Waals surface area contributed by atoms with Crippen molar-refractivity contribution in [3.05, 3.63) is 52.7 Å². The number of hydrogen-bond donors (Lipinski definition) is 0. The Bertz CT molecular complexity index is 715. The molecule has 1 saturated heterocycles. The number of rotatable bonds is 4. The van der Waals surface area contributed by atoms with Crippen molar-refractivity contribution in [2.45, 2.75) is 25.6 Å². The average Bonchev–Trinajstić information content (AvgIpc) is 3.02. The molecule has 0 N–H and O–H groups in total. The molecule has 1 aromatic heterocycles. The van der Waals surface area contributed by atoms with E-state index in [1.165, 1.54) is 12.8 Å². The minimum atomic E-state index is -4.44. The summed E-state index contributed by atoms with van der Waals surface area (Å²) in [7, 11) is 0. The SMILES string of the molecule is FC(F)(F)c1ccnc(Oc2ccc(CN3CCCC3)cc2Cl)c1. The number of halogens is 4. The van der Waals surface area contributed by atoms with E-state index in [2.05, 4.69) is 9.88 Å². The molecule has 1 aliphatic heterocycles. The molecule has 0 saturated carbocycles. The maximum atomic E-state index is 12.7. The van der Waals surface area contributed by atoms with Gasteiger partial charge < -0.3 is 4.74 Å². The van der Waals surface area contributed by atoms with Crippen LogP contribution in [0.3, 0.4) is 0 Å². The maximum Gasteiger partial charge on any atom is 0.416 e. The monoisotopic (exact) mass is 356 g/mol. The van der Waals surface area contributed by atoms with E-state index in [-0.39, 0.29) is 11.6 Å². The lowest BCUT2D eigenvalue weighted by molar-refractivity contribution is -0.137. The summed E-state index contributed by atoms with van der Waals surface area (Å²) in [5.41, 5.74) is 0.237. The fourth-order valence-corrected chi connectivity index (χ4v) is 2.92. The van der Waals surface area contributed by atoms with Gasteiger partial charge in [0.05, 0.1) is 10.6 Å². The predicted molar refractivity (Wildman–Crippen MR) is 85.3 cm³/mol. The second-order valence-electron chi connectivity index (χ2n) is 5.73. The van der Waals surface area contributed by atoms with Gasteiger partial charge >= 0.3 is 6.18 Å². The summed E-state index contributed by atoms with van der Waals surface area (Å²) in [5.74, 6) is 0.146. The second-order valence-corrected chi connectivity index (χ2v) is 6.14. The van der Waals surface area contributed by atoms with Crippen LogP contribution in [0.2, 0.25) is 5.02 Å². The highest BCUT2D eigenvalue weighted by atomic mass is 35.5. The molecular formula is C17H16ClF3N2O. The normalized spacial score (nSPS) is 15.7. The van der Waals surface area contributed by atoms with E-state index in [9.17, 15) is 13.2 Å². The van der Waals surface area contributed by atoms with Gasteiger partial charge in [-0.05, 0) is 49.7 Å². The number of ether oxygens (including phenoxy) is 1. The molecular weight excluding hydrogens is 341 g/mol. The Balaban J connectivity index is 1.73. The van der Waals surface area contributed by atoms with E-state index in [1.54, 1.807) is 12.1 Å². The van der Waals surface area contributed by atoms with E-state index in [0.717, 1.165) is 43.5 Å². The molecule has 3 rings (SSSR count). The summed E-state index contributed by atoms with van der Waals surface area (Å²) < 4.78 is 43.6. The second kappa shape index (κ2) is 6.99. The molecule has 7 heteroatoms. The molecule has 2 heterocycles. The third kappa shape index (κ3) is 4.19. The summed E-state index contributed by atoms with van der Waals surface area (Å²) in [6, 6.07) is 7.06. The van der Waals surface area contributed by atoms with Crippen LogP contribution in [0.25, 0.3) is 0 Å². The summed E-state index contributed by atoms with van der Waals surface area (Å²) >= 11 is 6.20. The van der Waals surface area contributed by atoms with Crippen molar-refractivity contribution in [2.75, 3.05) is 13.1 Å². The van der Waals surface area contributed by atoms with Gasteiger partial charge in [-0.2, -0.15) is 13.2 Å². The van der Waals surface area contributed by atoms with Crippen molar-refractivity contribution in [1.29, 1.82) is 0 Å². The highest BCUT2D eigenvalue weighted by Gasteiger charge is 2.31. The van der Waals surface area contributed by atoms with Crippen LogP contribution < -0.4 is 4.74 Å². The quantitative estimate of drug-likeness (QED) is 0.758. The number of nitrogens with zero attached hydrogens (tertiary/aromatic N) is 2. The Morgan fingerprint density at radius 1 is 1.12 bits per heavy atom. The van der Waals surface area contributed by atoms with Crippen molar-refractivity contribution in [3.8, 4) is 11.6 Å². The number of aromatic nitrogens is 1. The Kier molecular flexibility index (Phi) is 4.96. The number of alkyl halides is 3.